The Morgan fingerprint density at radius 2 is 2.11 bits per heavy atom. The molecule has 3 heterocycles. The zero-order valence-corrected chi connectivity index (χ0v) is 17.7. The number of amides is 1. The van der Waals surface area contributed by atoms with E-state index in [0.717, 1.165) is 46.8 Å². The lowest BCUT2D eigenvalue weighted by atomic mass is 10.0. The van der Waals surface area contributed by atoms with Gasteiger partial charge in [0, 0.05) is 13.1 Å². The predicted octanol–water partition coefficient (Wildman–Crippen LogP) is 4.08. The number of likely N-dealkylation sites (tertiary alicyclic amines) is 1. The summed E-state index contributed by atoms with van der Waals surface area (Å²) in [5, 5.41) is 2.12. The smallest absolute Gasteiger partial charge is 0.237 e. The number of rotatable bonds is 5. The van der Waals surface area contributed by atoms with Crippen LogP contribution in [0.3, 0.4) is 0 Å². The van der Waals surface area contributed by atoms with Gasteiger partial charge in [-0.25, -0.2) is 0 Å². The van der Waals surface area contributed by atoms with E-state index in [1.165, 1.54) is 5.56 Å². The molecule has 0 N–H and O–H groups in total. The Labute approximate surface area is 172 Å². The van der Waals surface area contributed by atoms with E-state index in [-0.39, 0.29) is 11.9 Å². The van der Waals surface area contributed by atoms with Crippen molar-refractivity contribution >= 4 is 33.2 Å². The van der Waals surface area contributed by atoms with Crippen molar-refractivity contribution in [2.24, 2.45) is 0 Å². The molecule has 1 unspecified atom stereocenters. The first kappa shape index (κ1) is 18.8. The number of ether oxygens (including phenoxy) is 2. The standard InChI is InChI=1S/C20H23BrN2O3S/c1-22(11-14-9-19(21)27-13-14)12-20(24)23-6-2-3-16(23)15-4-5-17-18(10-15)26-8-7-25-17/h4-5,9-10,13,16H,2-3,6-8,11-12H2,1H3. The Bertz CT molecular complexity index is 825. The molecule has 0 spiro atoms. The number of likely N-dealkylation sites (N-methyl/N-ethyl adjacent to an activating group) is 1. The van der Waals surface area contributed by atoms with E-state index < -0.39 is 0 Å². The molecular formula is C20H23BrN2O3S. The quantitative estimate of drug-likeness (QED) is 0.687. The van der Waals surface area contributed by atoms with Crippen LogP contribution in [0.2, 0.25) is 0 Å². The van der Waals surface area contributed by atoms with Crippen molar-refractivity contribution in [3.8, 4) is 11.5 Å². The van der Waals surface area contributed by atoms with Crippen LogP contribution in [-0.4, -0.2) is 49.1 Å². The van der Waals surface area contributed by atoms with Crippen molar-refractivity contribution in [2.75, 3.05) is 33.4 Å². The molecule has 0 aliphatic carbocycles. The van der Waals surface area contributed by atoms with Gasteiger partial charge in [-0.1, -0.05) is 6.07 Å². The molecule has 27 heavy (non-hydrogen) atoms. The summed E-state index contributed by atoms with van der Waals surface area (Å²) in [7, 11) is 2.00. The Balaban J connectivity index is 1.42. The number of hydrogen-bond acceptors (Lipinski definition) is 5. The van der Waals surface area contributed by atoms with Crippen molar-refractivity contribution in [3.05, 3.63) is 44.6 Å². The molecule has 1 saturated heterocycles. The second-order valence-electron chi connectivity index (χ2n) is 7.08. The van der Waals surface area contributed by atoms with Gasteiger partial charge in [0.1, 0.15) is 13.2 Å². The third kappa shape index (κ3) is 4.31. The molecule has 0 bridgehead atoms. The van der Waals surface area contributed by atoms with Crippen molar-refractivity contribution in [2.45, 2.75) is 25.4 Å². The van der Waals surface area contributed by atoms with E-state index in [2.05, 4.69) is 38.3 Å². The van der Waals surface area contributed by atoms with Crippen LogP contribution in [0.15, 0.2) is 33.4 Å². The zero-order valence-electron chi connectivity index (χ0n) is 15.3. The van der Waals surface area contributed by atoms with Gasteiger partial charge < -0.3 is 14.4 Å². The summed E-state index contributed by atoms with van der Waals surface area (Å²) in [5.41, 5.74) is 2.36. The number of nitrogens with zero attached hydrogens (tertiary/aromatic N) is 2. The highest BCUT2D eigenvalue weighted by molar-refractivity contribution is 9.11. The topological polar surface area (TPSA) is 42.0 Å². The first-order valence-corrected chi connectivity index (χ1v) is 10.9. The average molecular weight is 451 g/mol. The summed E-state index contributed by atoms with van der Waals surface area (Å²) in [6.45, 7) is 3.18. The van der Waals surface area contributed by atoms with Gasteiger partial charge >= 0.3 is 0 Å². The number of benzene rings is 1. The van der Waals surface area contributed by atoms with Crippen LogP contribution in [0, 0.1) is 0 Å². The highest BCUT2D eigenvalue weighted by atomic mass is 79.9. The normalized spacial score (nSPS) is 18.9. The molecule has 1 fully saturated rings. The Hall–Kier alpha value is -1.57. The van der Waals surface area contributed by atoms with Gasteiger partial charge in [0.25, 0.3) is 0 Å². The third-order valence-corrected chi connectivity index (χ3v) is 6.56. The molecular weight excluding hydrogens is 428 g/mol. The highest BCUT2D eigenvalue weighted by Crippen LogP contribution is 2.38. The van der Waals surface area contributed by atoms with E-state index in [0.29, 0.717) is 19.8 Å². The molecule has 4 rings (SSSR count). The number of fused-ring (bicyclic) bond motifs is 1. The first-order chi connectivity index (χ1) is 13.1. The van der Waals surface area contributed by atoms with E-state index in [1.807, 2.05) is 24.1 Å². The van der Waals surface area contributed by atoms with E-state index >= 15 is 0 Å². The van der Waals surface area contributed by atoms with Crippen molar-refractivity contribution in [3.63, 3.8) is 0 Å². The van der Waals surface area contributed by atoms with Crippen molar-refractivity contribution < 1.29 is 14.3 Å². The lowest BCUT2D eigenvalue weighted by molar-refractivity contribution is -0.133. The molecule has 5 nitrogen and oxygen atoms in total. The second-order valence-corrected chi connectivity index (χ2v) is 9.37. The monoisotopic (exact) mass is 450 g/mol. The number of carbonyl (C=O) groups is 1. The number of hydrogen-bond donors (Lipinski definition) is 0. The fourth-order valence-corrected chi connectivity index (χ4v) is 5.00. The largest absolute Gasteiger partial charge is 0.486 e. The second kappa shape index (κ2) is 8.20. The summed E-state index contributed by atoms with van der Waals surface area (Å²) >= 11 is 5.16. The fourth-order valence-electron chi connectivity index (χ4n) is 3.80. The predicted molar refractivity (Wildman–Crippen MR) is 109 cm³/mol. The molecule has 1 aromatic heterocycles. The van der Waals surface area contributed by atoms with Gasteiger partial charge in [-0.3, -0.25) is 9.69 Å². The maximum atomic E-state index is 12.9. The molecule has 0 saturated carbocycles. The minimum atomic E-state index is 0.122. The molecule has 144 valence electrons. The van der Waals surface area contributed by atoms with Crippen LogP contribution >= 0.6 is 27.3 Å². The van der Waals surface area contributed by atoms with Crippen LogP contribution in [0.25, 0.3) is 0 Å². The van der Waals surface area contributed by atoms with Crippen LogP contribution < -0.4 is 9.47 Å². The molecule has 1 atom stereocenters. The lowest BCUT2D eigenvalue weighted by Gasteiger charge is -2.28. The maximum Gasteiger partial charge on any atom is 0.237 e. The van der Waals surface area contributed by atoms with Crippen LogP contribution in [0.4, 0.5) is 0 Å². The molecule has 1 aromatic carbocycles. The minimum Gasteiger partial charge on any atom is -0.486 e. The average Bonchev–Trinajstić information content (AvgIpc) is 3.30. The molecule has 2 aliphatic rings. The summed E-state index contributed by atoms with van der Waals surface area (Å²) in [5.74, 6) is 1.77. The molecule has 2 aliphatic heterocycles. The Kier molecular flexibility index (Phi) is 5.71. The van der Waals surface area contributed by atoms with Crippen LogP contribution in [0.5, 0.6) is 11.5 Å². The van der Waals surface area contributed by atoms with Gasteiger partial charge in [0.2, 0.25) is 5.91 Å². The molecule has 1 amide bonds. The lowest BCUT2D eigenvalue weighted by Crippen LogP contribution is -2.38. The molecule has 7 heteroatoms. The molecule has 0 radical (unpaired) electrons. The fraction of sp³-hybridized carbons (Fsp3) is 0.450. The molecule has 2 aromatic rings. The van der Waals surface area contributed by atoms with E-state index in [4.69, 9.17) is 9.47 Å². The third-order valence-electron chi connectivity index (χ3n) is 5.00. The number of halogens is 1. The van der Waals surface area contributed by atoms with Gasteiger partial charge in [-0.15, -0.1) is 11.3 Å². The maximum absolute atomic E-state index is 12.9. The van der Waals surface area contributed by atoms with Gasteiger partial charge in [0.15, 0.2) is 11.5 Å². The summed E-state index contributed by atoms with van der Waals surface area (Å²) in [6, 6.07) is 8.30. The van der Waals surface area contributed by atoms with E-state index in [1.54, 1.807) is 11.3 Å². The van der Waals surface area contributed by atoms with Gasteiger partial charge in [-0.05, 0) is 70.5 Å². The summed E-state index contributed by atoms with van der Waals surface area (Å²) in [4.78, 5) is 17.0. The minimum absolute atomic E-state index is 0.122. The van der Waals surface area contributed by atoms with Crippen molar-refractivity contribution in [1.29, 1.82) is 0 Å². The first-order valence-electron chi connectivity index (χ1n) is 9.20. The van der Waals surface area contributed by atoms with Crippen molar-refractivity contribution in [1.82, 2.24) is 9.80 Å². The van der Waals surface area contributed by atoms with Gasteiger partial charge in [-0.2, -0.15) is 0 Å². The van der Waals surface area contributed by atoms with E-state index in [9.17, 15) is 4.79 Å². The highest BCUT2D eigenvalue weighted by Gasteiger charge is 2.31. The van der Waals surface area contributed by atoms with Crippen LogP contribution in [-0.2, 0) is 11.3 Å². The number of carbonyl (C=O) groups excluding carboxylic acids is 1. The van der Waals surface area contributed by atoms with Gasteiger partial charge in [0.05, 0.1) is 16.4 Å². The number of thiophene rings is 1. The summed E-state index contributed by atoms with van der Waals surface area (Å²) < 4.78 is 12.4. The van der Waals surface area contributed by atoms with Crippen LogP contribution in [0.1, 0.15) is 30.0 Å². The Morgan fingerprint density at radius 1 is 1.30 bits per heavy atom. The zero-order chi connectivity index (χ0) is 18.8. The Morgan fingerprint density at radius 3 is 2.89 bits per heavy atom. The SMILES string of the molecule is CN(CC(=O)N1CCCC1c1ccc2c(c1)OCCO2)Cc1csc(Br)c1. The summed E-state index contributed by atoms with van der Waals surface area (Å²) in [6.07, 6.45) is 2.03.